The Bertz CT molecular complexity index is 1010. The van der Waals surface area contributed by atoms with E-state index in [4.69, 9.17) is 0 Å². The minimum Gasteiger partial charge on any atom is -0.353 e. The molecule has 2 amide bonds. The molecule has 4 fully saturated rings. The average molecular weight is 490 g/mol. The smallest absolute Gasteiger partial charge is 0.242 e. The Balaban J connectivity index is 1.31. The van der Waals surface area contributed by atoms with Crippen LogP contribution in [0.25, 0.3) is 0 Å². The molecule has 8 heteroatoms. The molecule has 4 aliphatic carbocycles. The van der Waals surface area contributed by atoms with Crippen molar-refractivity contribution in [2.75, 3.05) is 13.1 Å². The summed E-state index contributed by atoms with van der Waals surface area (Å²) in [6, 6.07) is 4.67. The Morgan fingerprint density at radius 2 is 1.59 bits per heavy atom. The van der Waals surface area contributed by atoms with Crippen molar-refractivity contribution in [3.63, 3.8) is 0 Å². The van der Waals surface area contributed by atoms with Crippen LogP contribution in [0.1, 0.15) is 63.5 Å². The van der Waals surface area contributed by atoms with Crippen LogP contribution < -0.4 is 15.4 Å². The minimum absolute atomic E-state index is 0.0380. The van der Waals surface area contributed by atoms with E-state index in [1.54, 1.807) is 19.1 Å². The van der Waals surface area contributed by atoms with Gasteiger partial charge < -0.3 is 10.6 Å². The standard InChI is InChI=1S/C26H39N3O4S/c1-16(2)23(29-25(31)26-13-19-10-20(14-26)12-21(11-19)15-26)24(30)27-7-8-28-34(32,33)22-9-17(3)5-6-18(22)4/h5-6,9,16,19-21,23,28H,7-8,10-15H2,1-4H3,(H,27,30)(H,29,31)/t19?,20?,21?,23-,26?/m0/s1. The summed E-state index contributed by atoms with van der Waals surface area (Å²) < 4.78 is 27.9. The number of amides is 2. The molecular weight excluding hydrogens is 450 g/mol. The van der Waals surface area contributed by atoms with Crippen molar-refractivity contribution in [1.82, 2.24) is 15.4 Å². The van der Waals surface area contributed by atoms with E-state index < -0.39 is 16.1 Å². The van der Waals surface area contributed by atoms with Crippen LogP contribution in [0.2, 0.25) is 0 Å². The van der Waals surface area contributed by atoms with Crippen LogP contribution in [-0.2, 0) is 19.6 Å². The van der Waals surface area contributed by atoms with Crippen molar-refractivity contribution >= 4 is 21.8 Å². The fraction of sp³-hybridized carbons (Fsp3) is 0.692. The highest BCUT2D eigenvalue weighted by molar-refractivity contribution is 7.89. The molecule has 4 aliphatic rings. The maximum Gasteiger partial charge on any atom is 0.242 e. The summed E-state index contributed by atoms with van der Waals surface area (Å²) >= 11 is 0. The molecule has 0 saturated heterocycles. The third-order valence-electron chi connectivity index (χ3n) is 8.11. The Morgan fingerprint density at radius 3 is 2.15 bits per heavy atom. The summed E-state index contributed by atoms with van der Waals surface area (Å²) in [5.41, 5.74) is 1.24. The first-order chi connectivity index (χ1) is 16.0. The predicted molar refractivity (Wildman–Crippen MR) is 131 cm³/mol. The van der Waals surface area contributed by atoms with Crippen molar-refractivity contribution in [3.05, 3.63) is 29.3 Å². The Hall–Kier alpha value is -1.93. The molecule has 1 aromatic carbocycles. The maximum atomic E-state index is 13.4. The van der Waals surface area contributed by atoms with Gasteiger partial charge in [0.05, 0.1) is 4.90 Å². The molecular formula is C26H39N3O4S. The van der Waals surface area contributed by atoms with Crippen LogP contribution in [0, 0.1) is 42.9 Å². The third kappa shape index (κ3) is 5.18. The van der Waals surface area contributed by atoms with Gasteiger partial charge in [0, 0.05) is 18.5 Å². The fourth-order valence-electron chi connectivity index (χ4n) is 6.77. The van der Waals surface area contributed by atoms with Gasteiger partial charge in [-0.15, -0.1) is 0 Å². The van der Waals surface area contributed by atoms with E-state index in [-0.39, 0.29) is 41.1 Å². The van der Waals surface area contributed by atoms with Crippen molar-refractivity contribution in [2.24, 2.45) is 29.1 Å². The zero-order chi connectivity index (χ0) is 24.7. The molecule has 34 heavy (non-hydrogen) atoms. The second-order valence-corrected chi connectivity index (χ2v) is 13.1. The van der Waals surface area contributed by atoms with Gasteiger partial charge in [0.2, 0.25) is 21.8 Å². The second-order valence-electron chi connectivity index (χ2n) is 11.4. The highest BCUT2D eigenvalue weighted by Crippen LogP contribution is 2.60. The highest BCUT2D eigenvalue weighted by atomic mass is 32.2. The number of benzene rings is 1. The first-order valence-electron chi connectivity index (χ1n) is 12.6. The van der Waals surface area contributed by atoms with E-state index in [1.807, 2.05) is 26.8 Å². The molecule has 0 spiro atoms. The molecule has 0 radical (unpaired) electrons. The quantitative estimate of drug-likeness (QED) is 0.464. The monoisotopic (exact) mass is 489 g/mol. The Labute approximate surface area is 203 Å². The van der Waals surface area contributed by atoms with E-state index >= 15 is 0 Å². The van der Waals surface area contributed by atoms with Gasteiger partial charge in [-0.25, -0.2) is 13.1 Å². The normalized spacial score (nSPS) is 28.7. The number of carbonyl (C=O) groups is 2. The lowest BCUT2D eigenvalue weighted by molar-refractivity contribution is -0.149. The molecule has 0 aromatic heterocycles. The lowest BCUT2D eigenvalue weighted by Crippen LogP contribution is -2.58. The zero-order valence-electron chi connectivity index (χ0n) is 20.8. The Morgan fingerprint density at radius 1 is 1.00 bits per heavy atom. The first kappa shape index (κ1) is 25.2. The van der Waals surface area contributed by atoms with Crippen LogP contribution in [0.5, 0.6) is 0 Å². The van der Waals surface area contributed by atoms with Crippen LogP contribution in [0.4, 0.5) is 0 Å². The van der Waals surface area contributed by atoms with Gasteiger partial charge in [-0.05, 0) is 93.2 Å². The lowest BCUT2D eigenvalue weighted by atomic mass is 9.49. The summed E-state index contributed by atoms with van der Waals surface area (Å²) in [7, 11) is -3.66. The molecule has 4 saturated carbocycles. The summed E-state index contributed by atoms with van der Waals surface area (Å²) in [6.07, 6.45) is 6.65. The molecule has 0 aliphatic heterocycles. The maximum absolute atomic E-state index is 13.4. The minimum atomic E-state index is -3.66. The van der Waals surface area contributed by atoms with Gasteiger partial charge in [0.15, 0.2) is 0 Å². The van der Waals surface area contributed by atoms with Crippen LogP contribution in [0.3, 0.4) is 0 Å². The number of rotatable bonds is 9. The molecule has 7 nitrogen and oxygen atoms in total. The van der Waals surface area contributed by atoms with Gasteiger partial charge >= 0.3 is 0 Å². The molecule has 4 bridgehead atoms. The van der Waals surface area contributed by atoms with Gasteiger partial charge in [-0.2, -0.15) is 0 Å². The molecule has 1 atom stereocenters. The van der Waals surface area contributed by atoms with Gasteiger partial charge in [0.1, 0.15) is 6.04 Å². The average Bonchev–Trinajstić information content (AvgIpc) is 2.75. The van der Waals surface area contributed by atoms with E-state index in [9.17, 15) is 18.0 Å². The summed E-state index contributed by atoms with van der Waals surface area (Å²) in [6.45, 7) is 7.69. The number of sulfonamides is 1. The van der Waals surface area contributed by atoms with Gasteiger partial charge in [-0.3, -0.25) is 9.59 Å². The van der Waals surface area contributed by atoms with Gasteiger partial charge in [0.25, 0.3) is 0 Å². The van der Waals surface area contributed by atoms with E-state index in [0.29, 0.717) is 23.3 Å². The van der Waals surface area contributed by atoms with E-state index in [0.717, 1.165) is 24.8 Å². The largest absolute Gasteiger partial charge is 0.353 e. The number of carbonyl (C=O) groups excluding carboxylic acids is 2. The fourth-order valence-corrected chi connectivity index (χ4v) is 8.13. The second kappa shape index (κ2) is 9.61. The number of hydrogen-bond donors (Lipinski definition) is 3. The third-order valence-corrected chi connectivity index (χ3v) is 9.71. The summed E-state index contributed by atoms with van der Waals surface area (Å²) in [5.74, 6) is 1.69. The van der Waals surface area contributed by atoms with Crippen molar-refractivity contribution in [3.8, 4) is 0 Å². The Kier molecular flexibility index (Phi) is 7.11. The molecule has 188 valence electrons. The first-order valence-corrected chi connectivity index (χ1v) is 14.1. The van der Waals surface area contributed by atoms with Gasteiger partial charge in [-0.1, -0.05) is 26.0 Å². The molecule has 0 unspecified atom stereocenters. The molecule has 3 N–H and O–H groups in total. The molecule has 0 heterocycles. The van der Waals surface area contributed by atoms with E-state index in [2.05, 4.69) is 15.4 Å². The van der Waals surface area contributed by atoms with Crippen molar-refractivity contribution < 1.29 is 18.0 Å². The summed E-state index contributed by atoms with van der Waals surface area (Å²) in [5, 5.41) is 5.89. The molecule has 1 aromatic rings. The van der Waals surface area contributed by atoms with Crippen LogP contribution in [0.15, 0.2) is 23.1 Å². The van der Waals surface area contributed by atoms with Crippen LogP contribution in [-0.4, -0.2) is 39.4 Å². The van der Waals surface area contributed by atoms with Crippen molar-refractivity contribution in [1.29, 1.82) is 0 Å². The predicted octanol–water partition coefficient (Wildman–Crippen LogP) is 3.06. The highest BCUT2D eigenvalue weighted by Gasteiger charge is 2.55. The number of nitrogens with one attached hydrogen (secondary N) is 3. The summed E-state index contributed by atoms with van der Waals surface area (Å²) in [4.78, 5) is 26.6. The van der Waals surface area contributed by atoms with E-state index in [1.165, 1.54) is 19.3 Å². The van der Waals surface area contributed by atoms with Crippen LogP contribution >= 0.6 is 0 Å². The number of aryl methyl sites for hydroxylation is 2. The van der Waals surface area contributed by atoms with Crippen molar-refractivity contribution in [2.45, 2.75) is 77.2 Å². The lowest BCUT2D eigenvalue weighted by Gasteiger charge is -2.55. The SMILES string of the molecule is Cc1ccc(C)c(S(=O)(=O)NCCNC(=O)[C@@H](NC(=O)C23CC4CC(CC(C4)C2)C3)C(C)C)c1. The molecule has 5 rings (SSSR count). The zero-order valence-corrected chi connectivity index (χ0v) is 21.6. The topological polar surface area (TPSA) is 104 Å². The number of hydrogen-bond acceptors (Lipinski definition) is 4.